The molecular weight excluding hydrogens is 136 g/mol. The third-order valence-electron chi connectivity index (χ3n) is 1.69. The summed E-state index contributed by atoms with van der Waals surface area (Å²) in [6.07, 6.45) is -2.77. The van der Waals surface area contributed by atoms with E-state index >= 15 is 0 Å². The molecule has 0 aromatic rings. The molecule has 1 heterocycles. The summed E-state index contributed by atoms with van der Waals surface area (Å²) >= 11 is 0. The van der Waals surface area contributed by atoms with Gasteiger partial charge in [-0.05, 0) is 6.92 Å². The molecular formula is C6H12O4. The lowest BCUT2D eigenvalue weighted by molar-refractivity contribution is -0.146. The highest BCUT2D eigenvalue weighted by Crippen LogP contribution is 2.20. The smallest absolute Gasteiger partial charge is 0.186 e. The molecule has 60 valence electrons. The second-order valence-corrected chi connectivity index (χ2v) is 2.43. The Labute approximate surface area is 59.4 Å². The highest BCUT2D eigenvalue weighted by atomic mass is 16.7. The second kappa shape index (κ2) is 2.84. The Morgan fingerprint density at radius 3 is 2.10 bits per heavy atom. The van der Waals surface area contributed by atoms with Crippen LogP contribution in [0.1, 0.15) is 6.92 Å². The van der Waals surface area contributed by atoms with Crippen molar-refractivity contribution in [3.8, 4) is 0 Å². The Bertz CT molecular complexity index is 116. The first-order valence-corrected chi connectivity index (χ1v) is 3.21. The maximum atomic E-state index is 9.13. The Morgan fingerprint density at radius 1 is 1.30 bits per heavy atom. The van der Waals surface area contributed by atoms with Crippen molar-refractivity contribution in [2.24, 2.45) is 0 Å². The molecule has 0 aromatic carbocycles. The fourth-order valence-electron chi connectivity index (χ4n) is 1.01. The van der Waals surface area contributed by atoms with Gasteiger partial charge in [-0.15, -0.1) is 0 Å². The molecule has 10 heavy (non-hydrogen) atoms. The maximum Gasteiger partial charge on any atom is 0.186 e. The van der Waals surface area contributed by atoms with Gasteiger partial charge in [0.25, 0.3) is 0 Å². The summed E-state index contributed by atoms with van der Waals surface area (Å²) in [6, 6.07) is 0. The molecule has 4 nitrogen and oxygen atoms in total. The minimum absolute atomic E-state index is 0.347. The number of ether oxygens (including phenoxy) is 2. The molecule has 0 spiro atoms. The third-order valence-corrected chi connectivity index (χ3v) is 1.69. The van der Waals surface area contributed by atoms with Crippen LogP contribution in [0.2, 0.25) is 0 Å². The first-order chi connectivity index (χ1) is 4.66. The zero-order valence-corrected chi connectivity index (χ0v) is 6.02. The predicted octanol–water partition coefficient (Wildman–Crippen LogP) is -0.901. The van der Waals surface area contributed by atoms with Gasteiger partial charge in [0.15, 0.2) is 6.29 Å². The molecule has 0 bridgehead atoms. The van der Waals surface area contributed by atoms with E-state index in [9.17, 15) is 0 Å². The second-order valence-electron chi connectivity index (χ2n) is 2.43. The normalized spacial score (nSPS) is 48.0. The number of methoxy groups -OCH3 is 1. The van der Waals surface area contributed by atoms with Gasteiger partial charge in [-0.3, -0.25) is 0 Å². The molecule has 0 aromatic heterocycles. The van der Waals surface area contributed by atoms with Gasteiger partial charge >= 0.3 is 0 Å². The van der Waals surface area contributed by atoms with Crippen LogP contribution in [0, 0.1) is 0 Å². The molecule has 0 radical (unpaired) electrons. The van der Waals surface area contributed by atoms with Gasteiger partial charge in [-0.25, -0.2) is 0 Å². The fraction of sp³-hybridized carbons (Fsp3) is 1.00. The van der Waals surface area contributed by atoms with Gasteiger partial charge in [-0.2, -0.15) is 0 Å². The summed E-state index contributed by atoms with van der Waals surface area (Å²) < 4.78 is 9.74. The average molecular weight is 148 g/mol. The molecule has 1 rings (SSSR count). The van der Waals surface area contributed by atoms with Crippen molar-refractivity contribution in [3.05, 3.63) is 0 Å². The van der Waals surface area contributed by atoms with E-state index in [1.165, 1.54) is 7.11 Å². The van der Waals surface area contributed by atoms with Crippen molar-refractivity contribution >= 4 is 0 Å². The first kappa shape index (κ1) is 7.94. The van der Waals surface area contributed by atoms with Crippen LogP contribution in [0.4, 0.5) is 0 Å². The Hall–Kier alpha value is -0.160. The van der Waals surface area contributed by atoms with Crippen LogP contribution in [0.15, 0.2) is 0 Å². The van der Waals surface area contributed by atoms with Gasteiger partial charge in [0.2, 0.25) is 0 Å². The molecule has 1 aliphatic heterocycles. The van der Waals surface area contributed by atoms with Crippen molar-refractivity contribution in [1.29, 1.82) is 0 Å². The molecule has 2 N–H and O–H groups in total. The number of rotatable bonds is 1. The van der Waals surface area contributed by atoms with Crippen molar-refractivity contribution in [1.82, 2.24) is 0 Å². The lowest BCUT2D eigenvalue weighted by Crippen LogP contribution is -2.32. The minimum atomic E-state index is -0.917. The monoisotopic (exact) mass is 148 g/mol. The van der Waals surface area contributed by atoms with E-state index in [1.807, 2.05) is 0 Å². The van der Waals surface area contributed by atoms with Crippen molar-refractivity contribution in [2.45, 2.75) is 31.5 Å². The lowest BCUT2D eigenvalue weighted by atomic mass is 10.2. The van der Waals surface area contributed by atoms with Crippen LogP contribution in [0.5, 0.6) is 0 Å². The summed E-state index contributed by atoms with van der Waals surface area (Å²) in [5.74, 6) is 0. The minimum Gasteiger partial charge on any atom is -0.388 e. The first-order valence-electron chi connectivity index (χ1n) is 3.21. The van der Waals surface area contributed by atoms with Crippen molar-refractivity contribution in [3.63, 3.8) is 0 Å². The fourth-order valence-corrected chi connectivity index (χ4v) is 1.01. The third kappa shape index (κ3) is 1.15. The van der Waals surface area contributed by atoms with E-state index in [4.69, 9.17) is 19.7 Å². The van der Waals surface area contributed by atoms with Crippen LogP contribution in [0.25, 0.3) is 0 Å². The topological polar surface area (TPSA) is 58.9 Å². The highest BCUT2D eigenvalue weighted by Gasteiger charge is 2.40. The standard InChI is InChI=1S/C6H12O4/c1-3-4(7)5(8)6(9-2)10-3/h3-8H,1-2H3/t3-,4-,5-,6+/m1/s1. The number of hydrogen-bond acceptors (Lipinski definition) is 4. The lowest BCUT2D eigenvalue weighted by Gasteiger charge is -2.11. The van der Waals surface area contributed by atoms with E-state index in [0.29, 0.717) is 0 Å². The molecule has 4 heteroatoms. The van der Waals surface area contributed by atoms with Gasteiger partial charge in [0, 0.05) is 7.11 Å². The van der Waals surface area contributed by atoms with E-state index in [0.717, 1.165) is 0 Å². The van der Waals surface area contributed by atoms with Crippen molar-refractivity contribution in [2.75, 3.05) is 7.11 Å². The maximum absolute atomic E-state index is 9.13. The molecule has 0 aliphatic carbocycles. The molecule has 0 amide bonds. The Kier molecular flexibility index (Phi) is 2.25. The zero-order valence-electron chi connectivity index (χ0n) is 6.02. The molecule has 1 saturated heterocycles. The summed E-state index contributed by atoms with van der Waals surface area (Å²) in [5.41, 5.74) is 0. The predicted molar refractivity (Wildman–Crippen MR) is 33.4 cm³/mol. The Balaban J connectivity index is 2.53. The highest BCUT2D eigenvalue weighted by molar-refractivity contribution is 4.83. The Morgan fingerprint density at radius 2 is 1.90 bits per heavy atom. The van der Waals surface area contributed by atoms with Crippen LogP contribution in [0.3, 0.4) is 0 Å². The van der Waals surface area contributed by atoms with Crippen LogP contribution < -0.4 is 0 Å². The molecule has 0 unspecified atom stereocenters. The summed E-state index contributed by atoms with van der Waals surface area (Å²) in [5, 5.41) is 18.2. The summed E-state index contributed by atoms with van der Waals surface area (Å²) in [6.45, 7) is 1.69. The van der Waals surface area contributed by atoms with E-state index in [-0.39, 0.29) is 6.10 Å². The summed E-state index contributed by atoms with van der Waals surface area (Å²) in [4.78, 5) is 0. The largest absolute Gasteiger partial charge is 0.388 e. The molecule has 1 fully saturated rings. The van der Waals surface area contributed by atoms with Crippen molar-refractivity contribution < 1.29 is 19.7 Å². The molecule has 4 atom stereocenters. The molecule has 1 aliphatic rings. The van der Waals surface area contributed by atoms with E-state index in [1.54, 1.807) is 6.92 Å². The average Bonchev–Trinajstić information content (AvgIpc) is 2.17. The van der Waals surface area contributed by atoms with Gasteiger partial charge in [0.1, 0.15) is 12.2 Å². The zero-order chi connectivity index (χ0) is 7.72. The number of aliphatic hydroxyl groups is 2. The van der Waals surface area contributed by atoms with Crippen LogP contribution >= 0.6 is 0 Å². The van der Waals surface area contributed by atoms with Crippen LogP contribution in [-0.2, 0) is 9.47 Å². The SMILES string of the molecule is CO[C@H]1O[C@H](C)[C@@H](O)[C@H]1O. The number of aliphatic hydroxyl groups excluding tert-OH is 2. The van der Waals surface area contributed by atoms with E-state index < -0.39 is 18.5 Å². The van der Waals surface area contributed by atoms with Gasteiger partial charge < -0.3 is 19.7 Å². The number of hydrogen-bond donors (Lipinski definition) is 2. The summed E-state index contributed by atoms with van der Waals surface area (Å²) in [7, 11) is 1.43. The quantitative estimate of drug-likeness (QED) is 0.506. The van der Waals surface area contributed by atoms with E-state index in [2.05, 4.69) is 0 Å². The molecule has 0 saturated carbocycles. The van der Waals surface area contributed by atoms with Crippen LogP contribution in [-0.4, -0.2) is 41.9 Å². The van der Waals surface area contributed by atoms with Gasteiger partial charge in [-0.1, -0.05) is 0 Å². The van der Waals surface area contributed by atoms with Gasteiger partial charge in [0.05, 0.1) is 6.10 Å².